The Morgan fingerprint density at radius 3 is 3.00 bits per heavy atom. The largest absolute Gasteiger partial charge is 0.362 e. The first-order valence-electron chi connectivity index (χ1n) is 9.33. The van der Waals surface area contributed by atoms with Gasteiger partial charge in [0.05, 0.1) is 23.0 Å². The quantitative estimate of drug-likeness (QED) is 0.582. The number of imidazole rings is 1. The van der Waals surface area contributed by atoms with Gasteiger partial charge in [0.1, 0.15) is 22.8 Å². The van der Waals surface area contributed by atoms with Gasteiger partial charge in [-0.3, -0.25) is 0 Å². The van der Waals surface area contributed by atoms with E-state index in [1.54, 1.807) is 6.33 Å². The van der Waals surface area contributed by atoms with Gasteiger partial charge in [-0.1, -0.05) is 12.1 Å². The summed E-state index contributed by atoms with van der Waals surface area (Å²) in [6, 6.07) is 9.05. The molecule has 0 amide bonds. The maximum Gasteiger partial charge on any atom is 0.138 e. The molecule has 3 heterocycles. The fourth-order valence-electron chi connectivity index (χ4n) is 4.18. The Labute approximate surface area is 155 Å². The van der Waals surface area contributed by atoms with E-state index in [1.807, 2.05) is 11.3 Å². The molecule has 0 radical (unpaired) electrons. The minimum Gasteiger partial charge on any atom is -0.362 e. The topological polar surface area (TPSA) is 55.6 Å². The van der Waals surface area contributed by atoms with E-state index < -0.39 is 0 Å². The third kappa shape index (κ3) is 2.18. The number of rotatable bonds is 4. The van der Waals surface area contributed by atoms with Crippen LogP contribution in [0.3, 0.4) is 0 Å². The zero-order valence-electron chi connectivity index (χ0n) is 14.4. The molecule has 1 aromatic carbocycles. The van der Waals surface area contributed by atoms with Gasteiger partial charge in [0.2, 0.25) is 0 Å². The molecule has 130 valence electrons. The van der Waals surface area contributed by atoms with Gasteiger partial charge in [-0.25, -0.2) is 15.0 Å². The van der Waals surface area contributed by atoms with Crippen molar-refractivity contribution in [3.05, 3.63) is 46.9 Å². The van der Waals surface area contributed by atoms with Crippen LogP contribution in [0.5, 0.6) is 0 Å². The molecule has 0 spiro atoms. The summed E-state index contributed by atoms with van der Waals surface area (Å²) in [5.74, 6) is 2.07. The Balaban J connectivity index is 1.39. The smallest absolute Gasteiger partial charge is 0.138 e. The summed E-state index contributed by atoms with van der Waals surface area (Å²) in [6.07, 6.45) is 7.78. The highest BCUT2D eigenvalue weighted by Crippen LogP contribution is 2.40. The van der Waals surface area contributed by atoms with Crippen LogP contribution >= 0.6 is 11.3 Å². The monoisotopic (exact) mass is 361 g/mol. The van der Waals surface area contributed by atoms with E-state index in [9.17, 15) is 0 Å². The molecular weight excluding hydrogens is 342 g/mol. The Morgan fingerprint density at radius 1 is 1.15 bits per heavy atom. The summed E-state index contributed by atoms with van der Waals surface area (Å²) >= 11 is 1.83. The molecule has 1 saturated carbocycles. The molecule has 6 rings (SSSR count). The number of anilines is 1. The zero-order valence-corrected chi connectivity index (χ0v) is 15.2. The molecule has 2 aliphatic rings. The SMILES string of the molecule is c1ccc2c(c1)nc(CNc1ncnc3sc4c(c13)CCC4)n2C1CC1. The number of fused-ring (bicyclic) bond motifs is 4. The fraction of sp³-hybridized carbons (Fsp3) is 0.350. The zero-order chi connectivity index (χ0) is 17.1. The molecule has 0 atom stereocenters. The lowest BCUT2D eigenvalue weighted by Crippen LogP contribution is -2.09. The van der Waals surface area contributed by atoms with Gasteiger partial charge in [-0.2, -0.15) is 0 Å². The molecule has 3 aromatic heterocycles. The second-order valence-electron chi connectivity index (χ2n) is 7.23. The number of benzene rings is 1. The van der Waals surface area contributed by atoms with Crippen LogP contribution in [-0.2, 0) is 19.4 Å². The van der Waals surface area contributed by atoms with Crippen LogP contribution in [0.1, 0.15) is 41.6 Å². The highest BCUT2D eigenvalue weighted by Gasteiger charge is 2.28. The number of nitrogens with zero attached hydrogens (tertiary/aromatic N) is 4. The van der Waals surface area contributed by atoms with Crippen molar-refractivity contribution in [3.8, 4) is 0 Å². The van der Waals surface area contributed by atoms with Crippen molar-refractivity contribution in [2.24, 2.45) is 0 Å². The molecule has 0 unspecified atom stereocenters. The standard InChI is InChI=1S/C20H19N5S/c1-2-6-15-14(5-1)24-17(25(15)12-8-9-12)10-21-19-18-13-4-3-7-16(13)26-20(18)23-11-22-19/h1-2,5-6,11-12H,3-4,7-10H2,(H,21,22,23). The number of aromatic nitrogens is 4. The first-order chi connectivity index (χ1) is 12.9. The third-order valence-corrected chi connectivity index (χ3v) is 6.70. The molecule has 26 heavy (non-hydrogen) atoms. The van der Waals surface area contributed by atoms with E-state index >= 15 is 0 Å². The number of aryl methyl sites for hydroxylation is 2. The summed E-state index contributed by atoms with van der Waals surface area (Å²) in [4.78, 5) is 16.6. The number of thiophene rings is 1. The molecule has 1 fully saturated rings. The maximum absolute atomic E-state index is 4.89. The fourth-order valence-corrected chi connectivity index (χ4v) is 5.41. The normalized spacial score (nSPS) is 16.5. The number of nitrogens with one attached hydrogen (secondary N) is 1. The summed E-state index contributed by atoms with van der Waals surface area (Å²) in [5.41, 5.74) is 3.79. The highest BCUT2D eigenvalue weighted by atomic mass is 32.1. The molecule has 0 saturated heterocycles. The van der Waals surface area contributed by atoms with Crippen molar-refractivity contribution >= 4 is 38.4 Å². The summed E-state index contributed by atoms with van der Waals surface area (Å²) < 4.78 is 2.42. The lowest BCUT2D eigenvalue weighted by Gasteiger charge is -2.10. The molecule has 1 N–H and O–H groups in total. The molecule has 0 aliphatic heterocycles. The van der Waals surface area contributed by atoms with E-state index in [2.05, 4.69) is 44.1 Å². The van der Waals surface area contributed by atoms with Crippen molar-refractivity contribution in [3.63, 3.8) is 0 Å². The molecule has 5 nitrogen and oxygen atoms in total. The van der Waals surface area contributed by atoms with E-state index in [4.69, 9.17) is 4.98 Å². The Bertz CT molecular complexity index is 1140. The maximum atomic E-state index is 4.89. The first-order valence-corrected chi connectivity index (χ1v) is 10.1. The first kappa shape index (κ1) is 14.7. The number of hydrogen-bond acceptors (Lipinski definition) is 5. The van der Waals surface area contributed by atoms with Crippen LogP contribution in [0, 0.1) is 0 Å². The van der Waals surface area contributed by atoms with E-state index in [0.29, 0.717) is 12.6 Å². The van der Waals surface area contributed by atoms with Gasteiger partial charge >= 0.3 is 0 Å². The van der Waals surface area contributed by atoms with Gasteiger partial charge in [0.25, 0.3) is 0 Å². The van der Waals surface area contributed by atoms with Crippen LogP contribution in [-0.4, -0.2) is 19.5 Å². The predicted molar refractivity (Wildman–Crippen MR) is 105 cm³/mol. The van der Waals surface area contributed by atoms with Crippen molar-refractivity contribution in [2.75, 3.05) is 5.32 Å². The number of para-hydroxylation sites is 2. The minimum absolute atomic E-state index is 0.606. The summed E-state index contributed by atoms with van der Waals surface area (Å²) in [7, 11) is 0. The Hall–Kier alpha value is -2.47. The molecular formula is C20H19N5S. The average molecular weight is 361 g/mol. The van der Waals surface area contributed by atoms with Crippen LogP contribution < -0.4 is 5.32 Å². The Morgan fingerprint density at radius 2 is 2.08 bits per heavy atom. The van der Waals surface area contributed by atoms with Gasteiger partial charge < -0.3 is 9.88 Å². The summed E-state index contributed by atoms with van der Waals surface area (Å²) in [6.45, 7) is 0.696. The van der Waals surface area contributed by atoms with Crippen LogP contribution in [0.25, 0.3) is 21.3 Å². The van der Waals surface area contributed by atoms with Gasteiger partial charge in [-0.05, 0) is 49.8 Å². The van der Waals surface area contributed by atoms with E-state index in [0.717, 1.165) is 28.4 Å². The third-order valence-electron chi connectivity index (χ3n) is 5.50. The van der Waals surface area contributed by atoms with Gasteiger partial charge in [0.15, 0.2) is 0 Å². The predicted octanol–water partition coefficient (Wildman–Crippen LogP) is 4.48. The van der Waals surface area contributed by atoms with Crippen LogP contribution in [0.15, 0.2) is 30.6 Å². The van der Waals surface area contributed by atoms with Gasteiger partial charge in [0, 0.05) is 10.9 Å². The molecule has 4 aromatic rings. The molecule has 0 bridgehead atoms. The minimum atomic E-state index is 0.606. The van der Waals surface area contributed by atoms with Crippen molar-refractivity contribution < 1.29 is 0 Å². The second kappa shape index (κ2) is 5.51. The van der Waals surface area contributed by atoms with E-state index in [-0.39, 0.29) is 0 Å². The van der Waals surface area contributed by atoms with Crippen molar-refractivity contribution in [2.45, 2.75) is 44.7 Å². The van der Waals surface area contributed by atoms with E-state index in [1.165, 1.54) is 47.0 Å². The summed E-state index contributed by atoms with van der Waals surface area (Å²) in [5, 5.41) is 4.81. The van der Waals surface area contributed by atoms with Crippen molar-refractivity contribution in [1.82, 2.24) is 19.5 Å². The van der Waals surface area contributed by atoms with Crippen LogP contribution in [0.2, 0.25) is 0 Å². The lowest BCUT2D eigenvalue weighted by molar-refractivity contribution is 0.710. The molecule has 6 heteroatoms. The number of hydrogen-bond donors (Lipinski definition) is 1. The lowest BCUT2D eigenvalue weighted by atomic mass is 10.2. The average Bonchev–Trinajstić information content (AvgIpc) is 3.12. The molecule has 2 aliphatic carbocycles. The van der Waals surface area contributed by atoms with Gasteiger partial charge in [-0.15, -0.1) is 11.3 Å². The Kier molecular flexibility index (Phi) is 3.11. The second-order valence-corrected chi connectivity index (χ2v) is 8.31. The highest BCUT2D eigenvalue weighted by molar-refractivity contribution is 7.19. The van der Waals surface area contributed by atoms with Crippen molar-refractivity contribution in [1.29, 1.82) is 0 Å². The van der Waals surface area contributed by atoms with Crippen LogP contribution in [0.4, 0.5) is 5.82 Å².